The van der Waals surface area contributed by atoms with Gasteiger partial charge in [0, 0.05) is 55.2 Å². The Morgan fingerprint density at radius 1 is 0.957 bits per heavy atom. The van der Waals surface area contributed by atoms with Crippen LogP contribution in [0.2, 0.25) is 0 Å². The lowest BCUT2D eigenvalue weighted by Crippen LogP contribution is -2.32. The monoisotopic (exact) mass is 648 g/mol. The normalized spacial score (nSPS) is 13.7. The first-order valence-corrected chi connectivity index (χ1v) is 16.2. The molecule has 12 heteroatoms. The Bertz CT molecular complexity index is 1630. The summed E-state index contributed by atoms with van der Waals surface area (Å²) in [6.45, 7) is 10.9. The summed E-state index contributed by atoms with van der Waals surface area (Å²) in [4.78, 5) is 25.1. The molecule has 1 aromatic heterocycles. The summed E-state index contributed by atoms with van der Waals surface area (Å²) in [6.07, 6.45) is -1.08. The van der Waals surface area contributed by atoms with Gasteiger partial charge >= 0.3 is 6.18 Å². The number of hydrogen-bond acceptors (Lipinski definition) is 7. The number of aromatic nitrogens is 3. The van der Waals surface area contributed by atoms with E-state index in [1.807, 2.05) is 36.4 Å². The van der Waals surface area contributed by atoms with Crippen molar-refractivity contribution < 1.29 is 18.0 Å². The van der Waals surface area contributed by atoms with Crippen molar-refractivity contribution in [1.82, 2.24) is 25.0 Å². The van der Waals surface area contributed by atoms with E-state index in [0.717, 1.165) is 82.0 Å². The van der Waals surface area contributed by atoms with Crippen molar-refractivity contribution in [3.05, 3.63) is 83.4 Å². The van der Waals surface area contributed by atoms with Gasteiger partial charge in [-0.05, 0) is 93.5 Å². The summed E-state index contributed by atoms with van der Waals surface area (Å²) in [6, 6.07) is 18.3. The molecule has 1 saturated heterocycles. The molecule has 1 amide bonds. The number of hydrogen-bond donors (Lipinski definition) is 3. The van der Waals surface area contributed by atoms with E-state index >= 15 is 0 Å². The van der Waals surface area contributed by atoms with Gasteiger partial charge in [-0.1, -0.05) is 32.0 Å². The molecule has 2 heterocycles. The number of carbonyl (C=O) groups excluding carboxylic acids is 1. The standard InChI is InChI=1S/C35H43F3N8O/c1-4-45(5-2)20-19-44(3)24-25-11-9-12-26(21-25)33(47)40-31-16-15-29(46-17-7-6-8-18-46)23-30(31)32-41-34(43-42-32)39-28-14-10-13-27(22-28)35(36,37)38/h9-16,21-23H,4-8,17-20,24H2,1-3H3,(H,40,47)(H2,39,41,42,43). The van der Waals surface area contributed by atoms with Gasteiger partial charge in [0.15, 0.2) is 5.82 Å². The number of H-pyrrole nitrogens is 1. The lowest BCUT2D eigenvalue weighted by atomic mass is 10.1. The second-order valence-electron chi connectivity index (χ2n) is 11.9. The minimum atomic E-state index is -4.47. The van der Waals surface area contributed by atoms with Gasteiger partial charge < -0.3 is 25.3 Å². The lowest BCUT2D eigenvalue weighted by Gasteiger charge is -2.29. The van der Waals surface area contributed by atoms with Crippen LogP contribution in [0.25, 0.3) is 11.4 Å². The summed E-state index contributed by atoms with van der Waals surface area (Å²) in [7, 11) is 2.08. The Morgan fingerprint density at radius 2 is 1.72 bits per heavy atom. The maximum atomic E-state index is 13.6. The third-order valence-electron chi connectivity index (χ3n) is 8.49. The predicted octanol–water partition coefficient (Wildman–Crippen LogP) is 7.25. The van der Waals surface area contributed by atoms with Crippen LogP contribution in [0, 0.1) is 0 Å². The maximum absolute atomic E-state index is 13.6. The summed E-state index contributed by atoms with van der Waals surface area (Å²) in [5.74, 6) is 0.224. The number of halogens is 3. The first-order valence-electron chi connectivity index (χ1n) is 16.2. The fourth-order valence-corrected chi connectivity index (χ4v) is 5.77. The number of carbonyl (C=O) groups is 1. The lowest BCUT2D eigenvalue weighted by molar-refractivity contribution is -0.137. The number of anilines is 4. The number of likely N-dealkylation sites (N-methyl/N-ethyl adjacent to an activating group) is 2. The highest BCUT2D eigenvalue weighted by molar-refractivity contribution is 6.06. The number of rotatable bonds is 13. The van der Waals surface area contributed by atoms with Gasteiger partial charge in [0.25, 0.3) is 5.91 Å². The number of amides is 1. The Labute approximate surface area is 274 Å². The fourth-order valence-electron chi connectivity index (χ4n) is 5.77. The molecule has 0 atom stereocenters. The Morgan fingerprint density at radius 3 is 2.47 bits per heavy atom. The molecule has 0 spiro atoms. The zero-order valence-electron chi connectivity index (χ0n) is 27.2. The van der Waals surface area contributed by atoms with Gasteiger partial charge in [0.2, 0.25) is 5.95 Å². The topological polar surface area (TPSA) is 92.4 Å². The molecule has 1 aliphatic heterocycles. The first kappa shape index (κ1) is 33.9. The zero-order valence-corrected chi connectivity index (χ0v) is 27.2. The van der Waals surface area contributed by atoms with Crippen molar-refractivity contribution in [1.29, 1.82) is 0 Å². The van der Waals surface area contributed by atoms with E-state index < -0.39 is 11.7 Å². The minimum Gasteiger partial charge on any atom is -0.372 e. The largest absolute Gasteiger partial charge is 0.416 e. The van der Waals surface area contributed by atoms with Gasteiger partial charge in [-0.3, -0.25) is 9.89 Å². The average molecular weight is 649 g/mol. The van der Waals surface area contributed by atoms with Crippen molar-refractivity contribution in [2.75, 3.05) is 61.8 Å². The molecule has 5 rings (SSSR count). The van der Waals surface area contributed by atoms with Crippen molar-refractivity contribution in [3.63, 3.8) is 0 Å². The molecule has 0 bridgehead atoms. The Hall–Kier alpha value is -4.42. The Kier molecular flexibility index (Phi) is 11.2. The second kappa shape index (κ2) is 15.4. The highest BCUT2D eigenvalue weighted by atomic mass is 19.4. The van der Waals surface area contributed by atoms with Crippen LogP contribution in [0.5, 0.6) is 0 Å². The van der Waals surface area contributed by atoms with E-state index in [2.05, 4.69) is 61.4 Å². The quantitative estimate of drug-likeness (QED) is 0.141. The molecule has 0 saturated carbocycles. The van der Waals surface area contributed by atoms with Crippen molar-refractivity contribution in [2.45, 2.75) is 45.8 Å². The van der Waals surface area contributed by atoms with Crippen molar-refractivity contribution in [3.8, 4) is 11.4 Å². The van der Waals surface area contributed by atoms with Gasteiger partial charge in [0.05, 0.1) is 11.3 Å². The van der Waals surface area contributed by atoms with E-state index in [9.17, 15) is 18.0 Å². The predicted molar refractivity (Wildman–Crippen MR) is 181 cm³/mol. The molecule has 3 aromatic carbocycles. The molecular formula is C35H43F3N8O. The van der Waals surface area contributed by atoms with Crippen LogP contribution in [0.15, 0.2) is 66.7 Å². The smallest absolute Gasteiger partial charge is 0.372 e. The fraction of sp³-hybridized carbons (Fsp3) is 0.400. The van der Waals surface area contributed by atoms with Crippen LogP contribution in [-0.2, 0) is 12.7 Å². The van der Waals surface area contributed by atoms with Crippen LogP contribution >= 0.6 is 0 Å². The number of nitrogens with zero attached hydrogens (tertiary/aromatic N) is 5. The number of piperidine rings is 1. The number of nitrogens with one attached hydrogen (secondary N) is 3. The van der Waals surface area contributed by atoms with Gasteiger partial charge in [-0.25, -0.2) is 0 Å². The molecule has 4 aromatic rings. The summed E-state index contributed by atoms with van der Waals surface area (Å²) in [5, 5.41) is 13.0. The van der Waals surface area contributed by atoms with Gasteiger partial charge in [-0.15, -0.1) is 5.10 Å². The van der Waals surface area contributed by atoms with E-state index in [1.54, 1.807) is 6.07 Å². The van der Waals surface area contributed by atoms with Crippen LogP contribution in [0.1, 0.15) is 54.6 Å². The van der Waals surface area contributed by atoms with Crippen LogP contribution < -0.4 is 15.5 Å². The molecule has 0 radical (unpaired) electrons. The summed E-state index contributed by atoms with van der Waals surface area (Å²) >= 11 is 0. The molecule has 47 heavy (non-hydrogen) atoms. The van der Waals surface area contributed by atoms with Gasteiger partial charge in [-0.2, -0.15) is 18.2 Å². The Balaban J connectivity index is 1.36. The molecule has 9 nitrogen and oxygen atoms in total. The van der Waals surface area contributed by atoms with Crippen LogP contribution in [0.4, 0.5) is 36.2 Å². The van der Waals surface area contributed by atoms with E-state index in [-0.39, 0.29) is 17.5 Å². The average Bonchev–Trinajstić information content (AvgIpc) is 3.53. The minimum absolute atomic E-state index is 0.109. The second-order valence-corrected chi connectivity index (χ2v) is 11.9. The highest BCUT2D eigenvalue weighted by Gasteiger charge is 2.30. The van der Waals surface area contributed by atoms with Crippen molar-refractivity contribution >= 4 is 28.9 Å². The third kappa shape index (κ3) is 9.11. The van der Waals surface area contributed by atoms with E-state index in [4.69, 9.17) is 0 Å². The molecule has 3 N–H and O–H groups in total. The van der Waals surface area contributed by atoms with Crippen LogP contribution in [-0.4, -0.2) is 77.2 Å². The molecule has 0 unspecified atom stereocenters. The highest BCUT2D eigenvalue weighted by Crippen LogP contribution is 2.34. The summed E-state index contributed by atoms with van der Waals surface area (Å²) in [5.41, 5.74) is 3.18. The molecular weight excluding hydrogens is 605 g/mol. The maximum Gasteiger partial charge on any atom is 0.416 e. The molecule has 1 aliphatic rings. The van der Waals surface area contributed by atoms with Crippen molar-refractivity contribution in [2.24, 2.45) is 0 Å². The first-order chi connectivity index (χ1) is 22.6. The summed E-state index contributed by atoms with van der Waals surface area (Å²) < 4.78 is 39.7. The van der Waals surface area contributed by atoms with Gasteiger partial charge in [0.1, 0.15) is 0 Å². The van der Waals surface area contributed by atoms with Crippen LogP contribution in [0.3, 0.4) is 0 Å². The molecule has 250 valence electrons. The SMILES string of the molecule is CCN(CC)CCN(C)Cc1cccc(C(=O)Nc2ccc(N3CCCCC3)cc2-c2nc(Nc3cccc(C(F)(F)F)c3)n[nH]2)c1. The number of benzene rings is 3. The number of aromatic amines is 1. The third-order valence-corrected chi connectivity index (χ3v) is 8.49. The zero-order chi connectivity index (χ0) is 33.4. The van der Waals surface area contributed by atoms with E-state index in [0.29, 0.717) is 22.6 Å². The number of alkyl halides is 3. The van der Waals surface area contributed by atoms with E-state index in [1.165, 1.54) is 18.6 Å². The molecule has 0 aliphatic carbocycles. The molecule has 1 fully saturated rings.